The second-order valence-electron chi connectivity index (χ2n) is 2.99. The Kier molecular flexibility index (Phi) is 6.92. The minimum Gasteiger partial charge on any atom is -0.340 e. The van der Waals surface area contributed by atoms with Crippen LogP contribution in [0.15, 0.2) is 12.1 Å². The van der Waals surface area contributed by atoms with Crippen LogP contribution in [-0.2, 0) is 11.3 Å². The standard InChI is InChI=1S/C9H13ClN2OS.ClH/c1-11-5-9(13)12(2)6-7-3-4-8(10)14-7;/h3-4,11H,5-6H2,1-2H3;1H. The number of carbonyl (C=O) groups is 1. The number of nitrogens with one attached hydrogen (secondary N) is 1. The SMILES string of the molecule is CNCC(=O)N(C)Cc1ccc(Cl)s1.Cl. The van der Waals surface area contributed by atoms with Gasteiger partial charge in [-0.3, -0.25) is 4.79 Å². The fourth-order valence-electron chi connectivity index (χ4n) is 1.04. The minimum atomic E-state index is 0. The fourth-order valence-corrected chi connectivity index (χ4v) is 2.19. The molecule has 1 aromatic heterocycles. The molecule has 3 nitrogen and oxygen atoms in total. The van der Waals surface area contributed by atoms with E-state index in [0.29, 0.717) is 13.1 Å². The molecule has 1 N–H and O–H groups in total. The second-order valence-corrected chi connectivity index (χ2v) is 4.79. The van der Waals surface area contributed by atoms with Gasteiger partial charge in [0.25, 0.3) is 0 Å². The Balaban J connectivity index is 0.00000196. The molecular formula is C9H14Cl2N2OS. The molecule has 0 saturated heterocycles. The van der Waals surface area contributed by atoms with Crippen molar-refractivity contribution in [1.29, 1.82) is 0 Å². The van der Waals surface area contributed by atoms with Gasteiger partial charge in [-0.1, -0.05) is 11.6 Å². The van der Waals surface area contributed by atoms with E-state index in [1.54, 1.807) is 19.0 Å². The first-order chi connectivity index (χ1) is 6.63. The Bertz CT molecular complexity index is 317. The highest BCUT2D eigenvalue weighted by atomic mass is 35.5. The summed E-state index contributed by atoms with van der Waals surface area (Å²) in [5.74, 6) is 0.0806. The Labute approximate surface area is 105 Å². The van der Waals surface area contributed by atoms with Crippen molar-refractivity contribution in [3.8, 4) is 0 Å². The maximum absolute atomic E-state index is 11.4. The molecule has 1 amide bonds. The zero-order valence-corrected chi connectivity index (χ0v) is 11.0. The number of likely N-dealkylation sites (N-methyl/N-ethyl adjacent to an activating group) is 2. The van der Waals surface area contributed by atoms with Crippen LogP contribution >= 0.6 is 35.3 Å². The average Bonchev–Trinajstić information content (AvgIpc) is 2.51. The summed E-state index contributed by atoms with van der Waals surface area (Å²) in [5.41, 5.74) is 0. The number of hydrogen-bond acceptors (Lipinski definition) is 3. The average molecular weight is 269 g/mol. The third-order valence-corrected chi connectivity index (χ3v) is 2.99. The van der Waals surface area contributed by atoms with Crippen molar-refractivity contribution in [2.45, 2.75) is 6.54 Å². The Morgan fingerprint density at radius 1 is 1.60 bits per heavy atom. The molecule has 0 fully saturated rings. The number of nitrogens with zero attached hydrogens (tertiary/aromatic N) is 1. The van der Waals surface area contributed by atoms with Crippen LogP contribution in [0, 0.1) is 0 Å². The van der Waals surface area contributed by atoms with E-state index in [9.17, 15) is 4.79 Å². The van der Waals surface area contributed by atoms with E-state index in [1.807, 2.05) is 12.1 Å². The van der Waals surface area contributed by atoms with Crippen molar-refractivity contribution in [1.82, 2.24) is 10.2 Å². The molecule has 86 valence electrons. The smallest absolute Gasteiger partial charge is 0.236 e. The number of halogens is 2. The molecule has 1 rings (SSSR count). The maximum atomic E-state index is 11.4. The molecule has 0 aliphatic carbocycles. The Morgan fingerprint density at radius 3 is 2.73 bits per heavy atom. The fraction of sp³-hybridized carbons (Fsp3) is 0.444. The van der Waals surface area contributed by atoms with E-state index in [2.05, 4.69) is 5.32 Å². The summed E-state index contributed by atoms with van der Waals surface area (Å²) in [4.78, 5) is 14.2. The lowest BCUT2D eigenvalue weighted by Gasteiger charge is -2.15. The lowest BCUT2D eigenvalue weighted by molar-refractivity contribution is -0.129. The number of hydrogen-bond donors (Lipinski definition) is 1. The van der Waals surface area contributed by atoms with Crippen LogP contribution < -0.4 is 5.32 Å². The molecule has 0 radical (unpaired) electrons. The molecule has 0 bridgehead atoms. The zero-order chi connectivity index (χ0) is 10.6. The molecule has 1 heterocycles. The van der Waals surface area contributed by atoms with E-state index in [4.69, 9.17) is 11.6 Å². The largest absolute Gasteiger partial charge is 0.340 e. The molecule has 0 aromatic carbocycles. The predicted octanol–water partition coefficient (Wildman–Crippen LogP) is 2.00. The third-order valence-electron chi connectivity index (χ3n) is 1.78. The van der Waals surface area contributed by atoms with Crippen molar-refractivity contribution in [3.05, 3.63) is 21.3 Å². The number of carbonyl (C=O) groups excluding carboxylic acids is 1. The van der Waals surface area contributed by atoms with Gasteiger partial charge in [0.15, 0.2) is 0 Å². The van der Waals surface area contributed by atoms with E-state index in [1.165, 1.54) is 11.3 Å². The van der Waals surface area contributed by atoms with E-state index in [0.717, 1.165) is 9.21 Å². The van der Waals surface area contributed by atoms with Gasteiger partial charge >= 0.3 is 0 Å². The van der Waals surface area contributed by atoms with Crippen molar-refractivity contribution >= 4 is 41.3 Å². The van der Waals surface area contributed by atoms with Crippen LogP contribution in [0.4, 0.5) is 0 Å². The highest BCUT2D eigenvalue weighted by molar-refractivity contribution is 7.16. The molecule has 0 saturated carbocycles. The first-order valence-corrected chi connectivity index (χ1v) is 5.45. The third kappa shape index (κ3) is 4.84. The van der Waals surface area contributed by atoms with Gasteiger partial charge in [-0.15, -0.1) is 23.7 Å². The monoisotopic (exact) mass is 268 g/mol. The normalized spacial score (nSPS) is 9.53. The number of amides is 1. The second kappa shape index (κ2) is 7.06. The summed E-state index contributed by atoms with van der Waals surface area (Å²) >= 11 is 7.29. The Morgan fingerprint density at radius 2 is 2.27 bits per heavy atom. The molecule has 0 unspecified atom stereocenters. The molecule has 0 aliphatic rings. The van der Waals surface area contributed by atoms with Gasteiger partial charge in [0.2, 0.25) is 5.91 Å². The molecule has 15 heavy (non-hydrogen) atoms. The van der Waals surface area contributed by atoms with E-state index >= 15 is 0 Å². The van der Waals surface area contributed by atoms with E-state index < -0.39 is 0 Å². The summed E-state index contributed by atoms with van der Waals surface area (Å²) in [6.45, 7) is 0.994. The predicted molar refractivity (Wildman–Crippen MR) is 67.0 cm³/mol. The van der Waals surface area contributed by atoms with Crippen LogP contribution in [0.5, 0.6) is 0 Å². The molecule has 0 atom stereocenters. The maximum Gasteiger partial charge on any atom is 0.236 e. The molecular weight excluding hydrogens is 255 g/mol. The lowest BCUT2D eigenvalue weighted by atomic mass is 10.4. The summed E-state index contributed by atoms with van der Waals surface area (Å²) in [6, 6.07) is 3.79. The van der Waals surface area contributed by atoms with Crippen molar-refractivity contribution in [2.24, 2.45) is 0 Å². The first kappa shape index (κ1) is 14.7. The molecule has 6 heteroatoms. The highest BCUT2D eigenvalue weighted by Crippen LogP contribution is 2.22. The van der Waals surface area contributed by atoms with Gasteiger partial charge in [-0.2, -0.15) is 0 Å². The lowest BCUT2D eigenvalue weighted by Crippen LogP contribution is -2.33. The van der Waals surface area contributed by atoms with Gasteiger partial charge in [0, 0.05) is 11.9 Å². The van der Waals surface area contributed by atoms with Gasteiger partial charge in [0.1, 0.15) is 0 Å². The zero-order valence-electron chi connectivity index (χ0n) is 8.62. The van der Waals surface area contributed by atoms with Crippen LogP contribution in [0.3, 0.4) is 0 Å². The van der Waals surface area contributed by atoms with Crippen molar-refractivity contribution in [2.75, 3.05) is 20.6 Å². The van der Waals surface area contributed by atoms with Gasteiger partial charge in [-0.25, -0.2) is 0 Å². The number of thiophene rings is 1. The van der Waals surface area contributed by atoms with E-state index in [-0.39, 0.29) is 18.3 Å². The highest BCUT2D eigenvalue weighted by Gasteiger charge is 2.08. The summed E-state index contributed by atoms with van der Waals surface area (Å²) in [6.07, 6.45) is 0. The minimum absolute atomic E-state index is 0. The Hall–Kier alpha value is -0.290. The first-order valence-electron chi connectivity index (χ1n) is 4.26. The van der Waals surface area contributed by atoms with Crippen molar-refractivity contribution in [3.63, 3.8) is 0 Å². The van der Waals surface area contributed by atoms with Crippen LogP contribution in [0.25, 0.3) is 0 Å². The molecule has 0 spiro atoms. The molecule has 1 aromatic rings. The summed E-state index contributed by atoms with van der Waals surface area (Å²) in [7, 11) is 3.54. The van der Waals surface area contributed by atoms with Gasteiger partial charge in [-0.05, 0) is 19.2 Å². The molecule has 0 aliphatic heterocycles. The number of rotatable bonds is 4. The van der Waals surface area contributed by atoms with Crippen LogP contribution in [0.2, 0.25) is 4.34 Å². The summed E-state index contributed by atoms with van der Waals surface area (Å²) < 4.78 is 0.759. The van der Waals surface area contributed by atoms with Gasteiger partial charge in [0.05, 0.1) is 17.4 Å². The van der Waals surface area contributed by atoms with Gasteiger partial charge < -0.3 is 10.2 Å². The van der Waals surface area contributed by atoms with Crippen molar-refractivity contribution < 1.29 is 4.79 Å². The quantitative estimate of drug-likeness (QED) is 0.906. The van der Waals surface area contributed by atoms with Crippen LogP contribution in [-0.4, -0.2) is 31.4 Å². The van der Waals surface area contributed by atoms with Crippen LogP contribution in [0.1, 0.15) is 4.88 Å². The topological polar surface area (TPSA) is 32.3 Å². The summed E-state index contributed by atoms with van der Waals surface area (Å²) in [5, 5.41) is 2.83.